The highest BCUT2D eigenvalue weighted by atomic mass is 32.2. The van der Waals surface area contributed by atoms with Crippen LogP contribution in [-0.2, 0) is 24.3 Å². The molecule has 0 unspecified atom stereocenters. The SMILES string of the molecule is CCOc1ccc(S(=O)(=O)N2CCC(NC(=O)COCCOC)CC2)cc1. The van der Waals surface area contributed by atoms with Gasteiger partial charge in [-0.25, -0.2) is 8.42 Å². The van der Waals surface area contributed by atoms with E-state index in [0.717, 1.165) is 0 Å². The van der Waals surface area contributed by atoms with Crippen molar-refractivity contribution < 1.29 is 27.4 Å². The van der Waals surface area contributed by atoms with E-state index in [9.17, 15) is 13.2 Å². The van der Waals surface area contributed by atoms with Gasteiger partial charge in [-0.3, -0.25) is 4.79 Å². The lowest BCUT2D eigenvalue weighted by Gasteiger charge is -2.31. The van der Waals surface area contributed by atoms with Crippen LogP contribution >= 0.6 is 0 Å². The number of nitrogens with one attached hydrogen (secondary N) is 1. The molecule has 9 heteroatoms. The van der Waals surface area contributed by atoms with Gasteiger partial charge in [0, 0.05) is 26.2 Å². The Morgan fingerprint density at radius 2 is 1.85 bits per heavy atom. The lowest BCUT2D eigenvalue weighted by atomic mass is 10.1. The van der Waals surface area contributed by atoms with E-state index < -0.39 is 10.0 Å². The molecule has 0 atom stereocenters. The number of benzene rings is 1. The summed E-state index contributed by atoms with van der Waals surface area (Å²) in [7, 11) is -1.97. The zero-order valence-electron chi connectivity index (χ0n) is 15.8. The van der Waals surface area contributed by atoms with Gasteiger partial charge in [0.15, 0.2) is 0 Å². The molecule has 1 N–H and O–H groups in total. The zero-order valence-corrected chi connectivity index (χ0v) is 16.7. The minimum Gasteiger partial charge on any atom is -0.494 e. The van der Waals surface area contributed by atoms with Gasteiger partial charge in [0.25, 0.3) is 0 Å². The molecular weight excluding hydrogens is 372 g/mol. The van der Waals surface area contributed by atoms with E-state index in [1.807, 2.05) is 6.92 Å². The van der Waals surface area contributed by atoms with Gasteiger partial charge >= 0.3 is 0 Å². The van der Waals surface area contributed by atoms with Crippen LogP contribution in [0.1, 0.15) is 19.8 Å². The first kappa shape index (κ1) is 21.6. The van der Waals surface area contributed by atoms with Crippen LogP contribution in [0.4, 0.5) is 0 Å². The van der Waals surface area contributed by atoms with Crippen molar-refractivity contribution in [2.24, 2.45) is 0 Å². The molecule has 0 saturated carbocycles. The summed E-state index contributed by atoms with van der Waals surface area (Å²) >= 11 is 0. The predicted octanol–water partition coefficient (Wildman–Crippen LogP) is 1.02. The van der Waals surface area contributed by atoms with Crippen LogP contribution in [0.25, 0.3) is 0 Å². The second kappa shape index (κ2) is 10.6. The van der Waals surface area contributed by atoms with Gasteiger partial charge in [-0.1, -0.05) is 0 Å². The molecule has 8 nitrogen and oxygen atoms in total. The first-order chi connectivity index (χ1) is 13.0. The zero-order chi connectivity index (χ0) is 19.7. The summed E-state index contributed by atoms with van der Waals surface area (Å²) in [6.07, 6.45) is 1.14. The number of methoxy groups -OCH3 is 1. The van der Waals surface area contributed by atoms with Gasteiger partial charge < -0.3 is 19.5 Å². The fraction of sp³-hybridized carbons (Fsp3) is 0.611. The number of nitrogens with zero attached hydrogens (tertiary/aromatic N) is 1. The summed E-state index contributed by atoms with van der Waals surface area (Å²) in [5.74, 6) is 0.449. The van der Waals surface area contributed by atoms with Crippen molar-refractivity contribution in [3.8, 4) is 5.75 Å². The van der Waals surface area contributed by atoms with Crippen molar-refractivity contribution in [2.75, 3.05) is 46.6 Å². The summed E-state index contributed by atoms with van der Waals surface area (Å²) in [4.78, 5) is 12.1. The number of amides is 1. The van der Waals surface area contributed by atoms with E-state index in [-0.39, 0.29) is 23.5 Å². The lowest BCUT2D eigenvalue weighted by Crippen LogP contribution is -2.47. The maximum atomic E-state index is 12.8. The smallest absolute Gasteiger partial charge is 0.246 e. The number of piperidine rings is 1. The number of carbonyl (C=O) groups is 1. The highest BCUT2D eigenvalue weighted by molar-refractivity contribution is 7.89. The monoisotopic (exact) mass is 400 g/mol. The van der Waals surface area contributed by atoms with Gasteiger partial charge in [0.05, 0.1) is 24.7 Å². The van der Waals surface area contributed by atoms with E-state index in [0.29, 0.717) is 51.5 Å². The molecule has 0 radical (unpaired) electrons. The number of rotatable bonds is 10. The number of carbonyl (C=O) groups excluding carboxylic acids is 1. The van der Waals surface area contributed by atoms with Crippen LogP contribution in [0.2, 0.25) is 0 Å². The molecule has 1 saturated heterocycles. The molecule has 0 aromatic heterocycles. The van der Waals surface area contributed by atoms with Crippen molar-refractivity contribution in [3.05, 3.63) is 24.3 Å². The van der Waals surface area contributed by atoms with Crippen molar-refractivity contribution in [3.63, 3.8) is 0 Å². The van der Waals surface area contributed by atoms with Crippen LogP contribution in [-0.4, -0.2) is 71.3 Å². The van der Waals surface area contributed by atoms with E-state index in [1.165, 1.54) is 4.31 Å². The number of hydrogen-bond donors (Lipinski definition) is 1. The molecule has 0 spiro atoms. The highest BCUT2D eigenvalue weighted by Crippen LogP contribution is 2.23. The maximum absolute atomic E-state index is 12.8. The molecule has 0 bridgehead atoms. The van der Waals surface area contributed by atoms with Crippen LogP contribution < -0.4 is 10.1 Å². The van der Waals surface area contributed by atoms with Crippen molar-refractivity contribution in [2.45, 2.75) is 30.7 Å². The Kier molecular flexibility index (Phi) is 8.49. The molecule has 1 amide bonds. The Morgan fingerprint density at radius 1 is 1.19 bits per heavy atom. The molecule has 27 heavy (non-hydrogen) atoms. The fourth-order valence-electron chi connectivity index (χ4n) is 2.84. The average molecular weight is 400 g/mol. The third kappa shape index (κ3) is 6.46. The number of hydrogen-bond acceptors (Lipinski definition) is 6. The maximum Gasteiger partial charge on any atom is 0.246 e. The Bertz CT molecular complexity index is 684. The lowest BCUT2D eigenvalue weighted by molar-refractivity contribution is -0.127. The van der Waals surface area contributed by atoms with Gasteiger partial charge in [0.2, 0.25) is 15.9 Å². The second-order valence-electron chi connectivity index (χ2n) is 6.20. The Hall–Kier alpha value is -1.68. The first-order valence-electron chi connectivity index (χ1n) is 9.06. The van der Waals surface area contributed by atoms with Crippen molar-refractivity contribution in [1.29, 1.82) is 0 Å². The summed E-state index contributed by atoms with van der Waals surface area (Å²) in [5.41, 5.74) is 0. The number of sulfonamides is 1. The van der Waals surface area contributed by atoms with Crippen LogP contribution in [0.15, 0.2) is 29.2 Å². The summed E-state index contributed by atoms with van der Waals surface area (Å²) in [6.45, 7) is 3.92. The summed E-state index contributed by atoms with van der Waals surface area (Å²) in [5, 5.41) is 2.89. The van der Waals surface area contributed by atoms with Gasteiger partial charge in [-0.2, -0.15) is 4.31 Å². The van der Waals surface area contributed by atoms with Crippen LogP contribution in [0.5, 0.6) is 5.75 Å². The predicted molar refractivity (Wildman–Crippen MR) is 100 cm³/mol. The van der Waals surface area contributed by atoms with Crippen LogP contribution in [0, 0.1) is 0 Å². The third-order valence-corrected chi connectivity index (χ3v) is 6.17. The highest BCUT2D eigenvalue weighted by Gasteiger charge is 2.29. The molecule has 1 fully saturated rings. The Balaban J connectivity index is 1.82. The summed E-state index contributed by atoms with van der Waals surface area (Å²) in [6, 6.07) is 6.40. The molecule has 1 aromatic rings. The van der Waals surface area contributed by atoms with Crippen LogP contribution in [0.3, 0.4) is 0 Å². The average Bonchev–Trinajstić information content (AvgIpc) is 2.66. The molecule has 1 aliphatic rings. The minimum atomic E-state index is -3.54. The molecular formula is C18H28N2O6S. The molecule has 1 aliphatic heterocycles. The molecule has 0 aliphatic carbocycles. The number of ether oxygens (including phenoxy) is 3. The van der Waals surface area contributed by atoms with Gasteiger partial charge in [-0.05, 0) is 44.0 Å². The third-order valence-electron chi connectivity index (χ3n) is 4.26. The standard InChI is InChI=1S/C18H28N2O6S/c1-3-26-16-4-6-17(7-5-16)27(22,23)20-10-8-15(9-11-20)19-18(21)14-25-13-12-24-2/h4-7,15H,3,8-14H2,1-2H3,(H,19,21). The Morgan fingerprint density at radius 3 is 2.44 bits per heavy atom. The minimum absolute atomic E-state index is 0.0198. The van der Waals surface area contributed by atoms with Gasteiger partial charge in [0.1, 0.15) is 12.4 Å². The normalized spacial score (nSPS) is 16.2. The molecule has 1 aromatic carbocycles. The molecule has 1 heterocycles. The van der Waals surface area contributed by atoms with Crippen molar-refractivity contribution in [1.82, 2.24) is 9.62 Å². The van der Waals surface area contributed by atoms with E-state index in [4.69, 9.17) is 14.2 Å². The first-order valence-corrected chi connectivity index (χ1v) is 10.5. The fourth-order valence-corrected chi connectivity index (χ4v) is 4.31. The van der Waals surface area contributed by atoms with Gasteiger partial charge in [-0.15, -0.1) is 0 Å². The quantitative estimate of drug-likeness (QED) is 0.589. The molecule has 152 valence electrons. The largest absolute Gasteiger partial charge is 0.494 e. The second-order valence-corrected chi connectivity index (χ2v) is 8.13. The van der Waals surface area contributed by atoms with E-state index in [2.05, 4.69) is 5.32 Å². The Labute approximate surface area is 160 Å². The van der Waals surface area contributed by atoms with E-state index in [1.54, 1.807) is 31.4 Å². The molecule has 2 rings (SSSR count). The summed E-state index contributed by atoms with van der Waals surface area (Å²) < 4.78 is 42.3. The van der Waals surface area contributed by atoms with E-state index >= 15 is 0 Å². The van der Waals surface area contributed by atoms with Crippen molar-refractivity contribution >= 4 is 15.9 Å². The topological polar surface area (TPSA) is 94.2 Å².